The van der Waals surface area contributed by atoms with Crippen LogP contribution in [0.1, 0.15) is 12.0 Å². The largest absolute Gasteiger partial charge is 0.269 e. The SMILES string of the molecule is O=[N+]([O-])c1ccc(/C(Cl)=C/C2SCCCS2)cc1. The predicted octanol–water partition coefficient (Wildman–Crippen LogP) is 4.37. The molecule has 1 heterocycles. The van der Waals surface area contributed by atoms with Gasteiger partial charge in [0.1, 0.15) is 0 Å². The molecule has 2 rings (SSSR count). The molecule has 1 fully saturated rings. The van der Waals surface area contributed by atoms with Crippen molar-refractivity contribution in [2.75, 3.05) is 11.5 Å². The maximum Gasteiger partial charge on any atom is 0.269 e. The van der Waals surface area contributed by atoms with Gasteiger partial charge in [-0.05, 0) is 41.7 Å². The Morgan fingerprint density at radius 2 is 1.94 bits per heavy atom. The minimum absolute atomic E-state index is 0.0876. The fraction of sp³-hybridized carbons (Fsp3) is 0.333. The van der Waals surface area contributed by atoms with Crippen molar-refractivity contribution in [1.29, 1.82) is 0 Å². The molecule has 0 spiro atoms. The van der Waals surface area contributed by atoms with Crippen LogP contribution in [0.25, 0.3) is 5.03 Å². The van der Waals surface area contributed by atoms with Gasteiger partial charge >= 0.3 is 0 Å². The molecule has 0 aliphatic carbocycles. The van der Waals surface area contributed by atoms with Crippen molar-refractivity contribution in [3.05, 3.63) is 46.0 Å². The van der Waals surface area contributed by atoms with Crippen molar-refractivity contribution in [1.82, 2.24) is 0 Å². The average molecular weight is 302 g/mol. The molecule has 0 saturated carbocycles. The molecule has 6 heteroatoms. The maximum absolute atomic E-state index is 10.6. The van der Waals surface area contributed by atoms with Crippen LogP contribution in [0.4, 0.5) is 5.69 Å². The van der Waals surface area contributed by atoms with Crippen LogP contribution in [0.3, 0.4) is 0 Å². The van der Waals surface area contributed by atoms with Gasteiger partial charge in [0.15, 0.2) is 0 Å². The summed E-state index contributed by atoms with van der Waals surface area (Å²) in [6, 6.07) is 6.34. The molecule has 0 unspecified atom stereocenters. The molecule has 96 valence electrons. The summed E-state index contributed by atoms with van der Waals surface area (Å²) in [5.74, 6) is 2.33. The Balaban J connectivity index is 2.09. The van der Waals surface area contributed by atoms with Gasteiger partial charge in [-0.15, -0.1) is 23.5 Å². The molecule has 0 aromatic heterocycles. The highest BCUT2D eigenvalue weighted by Gasteiger charge is 2.13. The second-order valence-corrected chi connectivity index (χ2v) is 6.99. The minimum atomic E-state index is -0.408. The predicted molar refractivity (Wildman–Crippen MR) is 80.2 cm³/mol. The Hall–Kier alpha value is -0.650. The van der Waals surface area contributed by atoms with Crippen LogP contribution in [0.15, 0.2) is 30.3 Å². The zero-order valence-electron chi connectivity index (χ0n) is 9.54. The van der Waals surface area contributed by atoms with Gasteiger partial charge in [0.2, 0.25) is 0 Å². The molecule has 3 nitrogen and oxygen atoms in total. The van der Waals surface area contributed by atoms with E-state index in [0.29, 0.717) is 9.61 Å². The van der Waals surface area contributed by atoms with Gasteiger partial charge in [-0.1, -0.05) is 11.6 Å². The van der Waals surface area contributed by atoms with Crippen molar-refractivity contribution in [3.63, 3.8) is 0 Å². The van der Waals surface area contributed by atoms with Crippen molar-refractivity contribution in [2.45, 2.75) is 11.0 Å². The topological polar surface area (TPSA) is 43.1 Å². The van der Waals surface area contributed by atoms with E-state index in [4.69, 9.17) is 11.6 Å². The van der Waals surface area contributed by atoms with Crippen molar-refractivity contribution >= 4 is 45.8 Å². The smallest absolute Gasteiger partial charge is 0.258 e. The van der Waals surface area contributed by atoms with E-state index in [-0.39, 0.29) is 5.69 Å². The lowest BCUT2D eigenvalue weighted by molar-refractivity contribution is -0.384. The van der Waals surface area contributed by atoms with Crippen LogP contribution < -0.4 is 0 Å². The summed E-state index contributed by atoms with van der Waals surface area (Å²) in [6.45, 7) is 0. The maximum atomic E-state index is 10.6. The van der Waals surface area contributed by atoms with Gasteiger partial charge in [0.25, 0.3) is 5.69 Å². The number of nitrogens with zero attached hydrogens (tertiary/aromatic N) is 1. The van der Waals surface area contributed by atoms with Crippen LogP contribution in [-0.2, 0) is 0 Å². The van der Waals surface area contributed by atoms with Gasteiger partial charge in [-0.2, -0.15) is 0 Å². The fourth-order valence-electron chi connectivity index (χ4n) is 1.56. The fourth-order valence-corrected chi connectivity index (χ4v) is 4.66. The van der Waals surface area contributed by atoms with Crippen LogP contribution in [0.5, 0.6) is 0 Å². The summed E-state index contributed by atoms with van der Waals surface area (Å²) < 4.78 is 0.390. The number of halogens is 1. The molecular weight excluding hydrogens is 290 g/mol. The lowest BCUT2D eigenvalue weighted by atomic mass is 10.2. The summed E-state index contributed by atoms with van der Waals surface area (Å²) in [7, 11) is 0. The van der Waals surface area contributed by atoms with Gasteiger partial charge in [-0.25, -0.2) is 0 Å². The van der Waals surface area contributed by atoms with Crippen LogP contribution in [0.2, 0.25) is 0 Å². The quantitative estimate of drug-likeness (QED) is 0.614. The third-order valence-corrected chi connectivity index (χ3v) is 5.63. The minimum Gasteiger partial charge on any atom is -0.258 e. The molecule has 18 heavy (non-hydrogen) atoms. The molecule has 0 bridgehead atoms. The number of nitro groups is 1. The van der Waals surface area contributed by atoms with E-state index >= 15 is 0 Å². The van der Waals surface area contributed by atoms with E-state index < -0.39 is 4.92 Å². The third kappa shape index (κ3) is 3.67. The highest BCUT2D eigenvalue weighted by atomic mass is 35.5. The van der Waals surface area contributed by atoms with Crippen molar-refractivity contribution in [3.8, 4) is 0 Å². The van der Waals surface area contributed by atoms with E-state index in [1.807, 2.05) is 29.6 Å². The van der Waals surface area contributed by atoms with E-state index in [2.05, 4.69) is 0 Å². The molecule has 1 saturated heterocycles. The van der Waals surface area contributed by atoms with Crippen LogP contribution in [-0.4, -0.2) is 21.0 Å². The molecule has 0 N–H and O–H groups in total. The van der Waals surface area contributed by atoms with E-state index in [1.165, 1.54) is 30.1 Å². The number of hydrogen-bond acceptors (Lipinski definition) is 4. The van der Waals surface area contributed by atoms with E-state index in [0.717, 1.165) is 5.56 Å². The molecule has 1 aliphatic heterocycles. The van der Waals surface area contributed by atoms with Crippen LogP contribution >= 0.6 is 35.1 Å². The molecule has 0 amide bonds. The van der Waals surface area contributed by atoms with Gasteiger partial charge in [0, 0.05) is 17.2 Å². The molecule has 1 aromatic carbocycles. The highest BCUT2D eigenvalue weighted by Crippen LogP contribution is 2.34. The number of benzene rings is 1. The average Bonchev–Trinajstić information content (AvgIpc) is 2.40. The second-order valence-electron chi connectivity index (χ2n) is 3.78. The Kier molecular flexibility index (Phi) is 4.97. The first-order valence-electron chi connectivity index (χ1n) is 5.52. The summed E-state index contributed by atoms with van der Waals surface area (Å²) in [6.07, 6.45) is 3.27. The molecule has 1 aromatic rings. The normalized spacial score (nSPS) is 17.7. The highest BCUT2D eigenvalue weighted by molar-refractivity contribution is 8.17. The van der Waals surface area contributed by atoms with Crippen molar-refractivity contribution < 1.29 is 4.92 Å². The summed E-state index contributed by atoms with van der Waals surface area (Å²) in [5.41, 5.74) is 0.915. The lowest BCUT2D eigenvalue weighted by Crippen LogP contribution is -2.03. The second kappa shape index (κ2) is 6.50. The number of nitro benzene ring substituents is 1. The van der Waals surface area contributed by atoms with E-state index in [1.54, 1.807) is 12.1 Å². The number of thioether (sulfide) groups is 2. The summed E-state index contributed by atoms with van der Waals surface area (Å²) in [5, 5.41) is 11.2. The first kappa shape index (κ1) is 13.8. The first-order valence-corrected chi connectivity index (χ1v) is 8.00. The van der Waals surface area contributed by atoms with Gasteiger partial charge < -0.3 is 0 Å². The number of non-ortho nitro benzene ring substituents is 1. The zero-order valence-corrected chi connectivity index (χ0v) is 11.9. The summed E-state index contributed by atoms with van der Waals surface area (Å²) >= 11 is 10.0. The van der Waals surface area contributed by atoms with Gasteiger partial charge in [0.05, 0.1) is 9.51 Å². The number of hydrogen-bond donors (Lipinski definition) is 0. The Labute approximate surface area is 119 Å². The zero-order chi connectivity index (χ0) is 13.0. The lowest BCUT2D eigenvalue weighted by Gasteiger charge is -2.17. The standard InChI is InChI=1S/C12H12ClNO2S2/c13-11(8-12-17-6-1-7-18-12)9-2-4-10(5-3-9)14(15)16/h2-5,8,12H,1,6-7H2/b11-8-. The van der Waals surface area contributed by atoms with Gasteiger partial charge in [-0.3, -0.25) is 10.1 Å². The number of rotatable bonds is 3. The van der Waals surface area contributed by atoms with Crippen molar-refractivity contribution in [2.24, 2.45) is 0 Å². The Morgan fingerprint density at radius 3 is 2.50 bits per heavy atom. The molecule has 1 aliphatic rings. The van der Waals surface area contributed by atoms with Crippen LogP contribution in [0, 0.1) is 10.1 Å². The third-order valence-electron chi connectivity index (χ3n) is 2.49. The molecule has 0 radical (unpaired) electrons. The Morgan fingerprint density at radius 1 is 1.33 bits per heavy atom. The first-order chi connectivity index (χ1) is 8.66. The molecule has 0 atom stereocenters. The Bertz CT molecular complexity index is 456. The van der Waals surface area contributed by atoms with E-state index in [9.17, 15) is 10.1 Å². The monoisotopic (exact) mass is 301 g/mol. The molecular formula is C12H12ClNO2S2. The summed E-state index contributed by atoms with van der Waals surface area (Å²) in [4.78, 5) is 10.1.